The summed E-state index contributed by atoms with van der Waals surface area (Å²) >= 11 is 1.16. The van der Waals surface area contributed by atoms with Gasteiger partial charge >= 0.3 is 0 Å². The van der Waals surface area contributed by atoms with Crippen LogP contribution in [-0.4, -0.2) is 35.4 Å². The van der Waals surface area contributed by atoms with Crippen LogP contribution in [0.2, 0.25) is 0 Å². The van der Waals surface area contributed by atoms with E-state index in [1.807, 2.05) is 18.2 Å². The number of nitrogens with zero attached hydrogens (tertiary/aromatic N) is 1. The van der Waals surface area contributed by atoms with E-state index in [2.05, 4.69) is 10.6 Å². The molecule has 0 saturated carbocycles. The molecule has 0 atom stereocenters. The zero-order valence-electron chi connectivity index (χ0n) is 13.9. The molecule has 2 amide bonds. The van der Waals surface area contributed by atoms with Crippen LogP contribution >= 0.6 is 11.8 Å². The van der Waals surface area contributed by atoms with Gasteiger partial charge < -0.3 is 15.4 Å². The SMILES string of the molecule is COc1cc([N+](=O)[O-])ccc1NC(=O)CSCC(=O)Nc1ccccc1. The number of methoxy groups -OCH3 is 1. The third-order valence-electron chi connectivity index (χ3n) is 3.19. The Morgan fingerprint density at radius 1 is 1.08 bits per heavy atom. The number of carbonyl (C=O) groups excluding carboxylic acids is 2. The van der Waals surface area contributed by atoms with Crippen LogP contribution in [-0.2, 0) is 9.59 Å². The van der Waals surface area contributed by atoms with E-state index in [1.54, 1.807) is 12.1 Å². The number of nitro groups is 1. The molecule has 0 radical (unpaired) electrons. The third-order valence-corrected chi connectivity index (χ3v) is 4.13. The molecule has 2 N–H and O–H groups in total. The summed E-state index contributed by atoms with van der Waals surface area (Å²) in [6.07, 6.45) is 0. The van der Waals surface area contributed by atoms with Crippen LogP contribution in [0, 0.1) is 10.1 Å². The number of nitro benzene ring substituents is 1. The second kappa shape index (κ2) is 9.42. The van der Waals surface area contributed by atoms with Gasteiger partial charge in [0.15, 0.2) is 0 Å². The molecule has 2 aromatic rings. The van der Waals surface area contributed by atoms with E-state index in [4.69, 9.17) is 4.74 Å². The number of amides is 2. The van der Waals surface area contributed by atoms with E-state index in [-0.39, 0.29) is 34.8 Å². The molecule has 0 saturated heterocycles. The quantitative estimate of drug-likeness (QED) is 0.542. The second-order valence-electron chi connectivity index (χ2n) is 5.10. The van der Waals surface area contributed by atoms with Gasteiger partial charge in [-0.25, -0.2) is 0 Å². The predicted octanol–water partition coefficient (Wildman–Crippen LogP) is 2.91. The Morgan fingerprint density at radius 3 is 2.35 bits per heavy atom. The fourth-order valence-corrected chi connectivity index (χ4v) is 2.66. The van der Waals surface area contributed by atoms with Crippen molar-refractivity contribution in [3.8, 4) is 5.75 Å². The lowest BCUT2D eigenvalue weighted by Crippen LogP contribution is -2.18. The second-order valence-corrected chi connectivity index (χ2v) is 6.08. The highest BCUT2D eigenvalue weighted by molar-refractivity contribution is 8.00. The number of nitrogens with one attached hydrogen (secondary N) is 2. The molecule has 8 nitrogen and oxygen atoms in total. The molecular formula is C17H17N3O5S. The van der Waals surface area contributed by atoms with Crippen molar-refractivity contribution in [1.82, 2.24) is 0 Å². The number of rotatable bonds is 8. The van der Waals surface area contributed by atoms with Crippen LogP contribution in [0.15, 0.2) is 48.5 Å². The minimum Gasteiger partial charge on any atom is -0.494 e. The molecule has 9 heteroatoms. The van der Waals surface area contributed by atoms with Crippen molar-refractivity contribution in [2.45, 2.75) is 0 Å². The van der Waals surface area contributed by atoms with Crippen molar-refractivity contribution in [3.63, 3.8) is 0 Å². The van der Waals surface area contributed by atoms with Gasteiger partial charge in [-0.2, -0.15) is 0 Å². The van der Waals surface area contributed by atoms with Crippen LogP contribution < -0.4 is 15.4 Å². The van der Waals surface area contributed by atoms with Crippen molar-refractivity contribution >= 4 is 40.6 Å². The minimum absolute atomic E-state index is 0.0579. The lowest BCUT2D eigenvalue weighted by molar-refractivity contribution is -0.384. The number of thioether (sulfide) groups is 1. The topological polar surface area (TPSA) is 111 Å². The molecule has 0 aliphatic heterocycles. The third kappa shape index (κ3) is 5.78. The molecule has 136 valence electrons. The molecule has 26 heavy (non-hydrogen) atoms. The van der Waals surface area contributed by atoms with Gasteiger partial charge in [0.05, 0.1) is 35.3 Å². The Balaban J connectivity index is 1.81. The Morgan fingerprint density at radius 2 is 1.73 bits per heavy atom. The maximum absolute atomic E-state index is 12.0. The lowest BCUT2D eigenvalue weighted by atomic mass is 10.2. The van der Waals surface area contributed by atoms with Crippen LogP contribution in [0.4, 0.5) is 17.1 Å². The molecule has 0 fully saturated rings. The molecule has 0 spiro atoms. The molecule has 2 rings (SSSR count). The van der Waals surface area contributed by atoms with Gasteiger partial charge in [0, 0.05) is 11.8 Å². The Hall–Kier alpha value is -3.07. The first-order valence-electron chi connectivity index (χ1n) is 7.54. The number of para-hydroxylation sites is 1. The summed E-state index contributed by atoms with van der Waals surface area (Å²) in [6.45, 7) is 0. The largest absolute Gasteiger partial charge is 0.494 e. The lowest BCUT2D eigenvalue weighted by Gasteiger charge is -2.10. The summed E-state index contributed by atoms with van der Waals surface area (Å²) in [7, 11) is 1.36. The van der Waals surface area contributed by atoms with Gasteiger partial charge in [0.2, 0.25) is 11.8 Å². The summed E-state index contributed by atoms with van der Waals surface area (Å²) in [4.78, 5) is 34.0. The number of hydrogen-bond acceptors (Lipinski definition) is 6. The molecule has 0 heterocycles. The number of ether oxygens (including phenoxy) is 1. The first-order chi connectivity index (χ1) is 12.5. The van der Waals surface area contributed by atoms with Gasteiger partial charge in [-0.15, -0.1) is 11.8 Å². The van der Waals surface area contributed by atoms with Gasteiger partial charge in [-0.1, -0.05) is 18.2 Å². The Labute approximate surface area is 154 Å². The maximum atomic E-state index is 12.0. The molecule has 0 unspecified atom stereocenters. The number of hydrogen-bond donors (Lipinski definition) is 2. The summed E-state index contributed by atoms with van der Waals surface area (Å²) in [5, 5.41) is 16.1. The zero-order chi connectivity index (χ0) is 18.9. The van der Waals surface area contributed by atoms with Crippen molar-refractivity contribution in [2.75, 3.05) is 29.2 Å². The molecule has 0 bridgehead atoms. The van der Waals surface area contributed by atoms with Gasteiger partial charge in [0.1, 0.15) is 5.75 Å². The highest BCUT2D eigenvalue weighted by Crippen LogP contribution is 2.29. The maximum Gasteiger partial charge on any atom is 0.273 e. The number of anilines is 2. The minimum atomic E-state index is -0.546. The van der Waals surface area contributed by atoms with E-state index >= 15 is 0 Å². The smallest absolute Gasteiger partial charge is 0.273 e. The molecule has 2 aromatic carbocycles. The first-order valence-corrected chi connectivity index (χ1v) is 8.70. The van der Waals surface area contributed by atoms with Crippen LogP contribution in [0.3, 0.4) is 0 Å². The molecular weight excluding hydrogens is 358 g/mol. The van der Waals surface area contributed by atoms with Gasteiger partial charge in [-0.3, -0.25) is 19.7 Å². The van der Waals surface area contributed by atoms with Crippen molar-refractivity contribution in [2.24, 2.45) is 0 Å². The average Bonchev–Trinajstić information content (AvgIpc) is 2.62. The van der Waals surface area contributed by atoms with Crippen LogP contribution in [0.1, 0.15) is 0 Å². The molecule has 0 aromatic heterocycles. The number of carbonyl (C=O) groups is 2. The summed E-state index contributed by atoms with van der Waals surface area (Å²) in [5.74, 6) is -0.168. The van der Waals surface area contributed by atoms with Crippen molar-refractivity contribution < 1.29 is 19.2 Å². The monoisotopic (exact) mass is 375 g/mol. The number of non-ortho nitro benzene ring substituents is 1. The fraction of sp³-hybridized carbons (Fsp3) is 0.176. The van der Waals surface area contributed by atoms with Gasteiger partial charge in [-0.05, 0) is 18.2 Å². The zero-order valence-corrected chi connectivity index (χ0v) is 14.7. The van der Waals surface area contributed by atoms with E-state index in [1.165, 1.54) is 25.3 Å². The standard InChI is InChI=1S/C17H17N3O5S/c1-25-15-9-13(20(23)24)7-8-14(15)19-17(22)11-26-10-16(21)18-12-5-3-2-4-6-12/h2-9H,10-11H2,1H3,(H,18,21)(H,19,22). The summed E-state index contributed by atoms with van der Waals surface area (Å²) in [6, 6.07) is 12.9. The van der Waals surface area contributed by atoms with E-state index in [0.29, 0.717) is 11.4 Å². The normalized spacial score (nSPS) is 10.0. The Kier molecular flexibility index (Phi) is 6.98. The molecule has 0 aliphatic carbocycles. The van der Waals surface area contributed by atoms with E-state index in [9.17, 15) is 19.7 Å². The fourth-order valence-electron chi connectivity index (χ4n) is 2.04. The summed E-state index contributed by atoms with van der Waals surface area (Å²) < 4.78 is 5.06. The van der Waals surface area contributed by atoms with Crippen molar-refractivity contribution in [3.05, 3.63) is 58.6 Å². The van der Waals surface area contributed by atoms with E-state index in [0.717, 1.165) is 11.8 Å². The van der Waals surface area contributed by atoms with Crippen LogP contribution in [0.25, 0.3) is 0 Å². The highest BCUT2D eigenvalue weighted by atomic mass is 32.2. The average molecular weight is 375 g/mol. The predicted molar refractivity (Wildman–Crippen MR) is 101 cm³/mol. The Bertz CT molecular complexity index is 798. The number of benzene rings is 2. The van der Waals surface area contributed by atoms with Crippen LogP contribution in [0.5, 0.6) is 5.75 Å². The molecule has 0 aliphatic rings. The first kappa shape index (κ1) is 19.3. The van der Waals surface area contributed by atoms with E-state index < -0.39 is 4.92 Å². The summed E-state index contributed by atoms with van der Waals surface area (Å²) in [5.41, 5.74) is 0.891. The van der Waals surface area contributed by atoms with Crippen molar-refractivity contribution in [1.29, 1.82) is 0 Å². The highest BCUT2D eigenvalue weighted by Gasteiger charge is 2.13. The van der Waals surface area contributed by atoms with Gasteiger partial charge in [0.25, 0.3) is 5.69 Å².